The minimum absolute atomic E-state index is 0.120. The average Bonchev–Trinajstić information content (AvgIpc) is 3.01. The molecule has 2 aliphatic carbocycles. The van der Waals surface area contributed by atoms with Crippen LogP contribution in [0.15, 0.2) is 60.7 Å². The van der Waals surface area contributed by atoms with Crippen LogP contribution in [0.4, 0.5) is 0 Å². The molecule has 4 rings (SSSR count). The van der Waals surface area contributed by atoms with E-state index in [0.29, 0.717) is 18.8 Å². The molecule has 2 aromatic carbocycles. The summed E-state index contributed by atoms with van der Waals surface area (Å²) in [6.45, 7) is 4.13. The number of Topliss-reactive ketones (excluding diaryl/α,β-unsaturated/α-hetero) is 1. The van der Waals surface area contributed by atoms with Crippen molar-refractivity contribution in [1.82, 2.24) is 4.72 Å². The van der Waals surface area contributed by atoms with E-state index in [9.17, 15) is 13.2 Å². The molecule has 0 amide bonds. The first kappa shape index (κ1) is 19.3. The SMILES string of the molecule is CC1(C)[C@@H]2CC[C@]1(CS(=O)(=O)NC(c1ccccc1)c1ccccc1)C(=O)C2. The zero-order valence-corrected chi connectivity index (χ0v) is 17.2. The highest BCUT2D eigenvalue weighted by molar-refractivity contribution is 7.89. The van der Waals surface area contributed by atoms with Crippen LogP contribution in [-0.4, -0.2) is 20.0 Å². The zero-order chi connectivity index (χ0) is 20.0. The first-order valence-corrected chi connectivity index (χ1v) is 11.5. The number of carbonyl (C=O) groups is 1. The van der Waals surface area contributed by atoms with Crippen molar-refractivity contribution in [3.8, 4) is 0 Å². The Morgan fingerprint density at radius 2 is 1.54 bits per heavy atom. The van der Waals surface area contributed by atoms with Crippen LogP contribution >= 0.6 is 0 Å². The fourth-order valence-electron chi connectivity index (χ4n) is 5.27. The standard InChI is InChI=1S/C23H27NO3S/c1-22(2)19-13-14-23(22,20(25)15-19)16-28(26,27)24-21(17-9-5-3-6-10-17)18-11-7-4-8-12-18/h3-12,19,21,24H,13-16H2,1-2H3/t19-,23+/m1/s1. The van der Waals surface area contributed by atoms with Gasteiger partial charge in [-0.3, -0.25) is 4.79 Å². The topological polar surface area (TPSA) is 63.2 Å². The molecule has 0 aromatic heterocycles. The van der Waals surface area contributed by atoms with Gasteiger partial charge in [-0.25, -0.2) is 13.1 Å². The molecule has 0 spiro atoms. The van der Waals surface area contributed by atoms with Crippen molar-refractivity contribution in [2.24, 2.45) is 16.7 Å². The summed E-state index contributed by atoms with van der Waals surface area (Å²) in [7, 11) is -3.68. The number of carbonyl (C=O) groups excluding carboxylic acids is 1. The van der Waals surface area contributed by atoms with E-state index in [1.807, 2.05) is 60.7 Å². The highest BCUT2D eigenvalue weighted by Gasteiger charge is 2.65. The van der Waals surface area contributed by atoms with Crippen LogP contribution in [0, 0.1) is 16.7 Å². The lowest BCUT2D eigenvalue weighted by Crippen LogP contribution is -2.46. The van der Waals surface area contributed by atoms with Gasteiger partial charge in [0, 0.05) is 11.8 Å². The van der Waals surface area contributed by atoms with Gasteiger partial charge in [0.05, 0.1) is 11.8 Å². The third-order valence-electron chi connectivity index (χ3n) is 7.14. The van der Waals surface area contributed by atoms with Crippen molar-refractivity contribution < 1.29 is 13.2 Å². The van der Waals surface area contributed by atoms with Crippen LogP contribution in [0.1, 0.15) is 50.3 Å². The van der Waals surface area contributed by atoms with Crippen molar-refractivity contribution in [3.63, 3.8) is 0 Å². The molecule has 2 saturated carbocycles. The average molecular weight is 398 g/mol. The lowest BCUT2D eigenvalue weighted by Gasteiger charge is -2.36. The molecular weight excluding hydrogens is 370 g/mol. The van der Waals surface area contributed by atoms with Gasteiger partial charge < -0.3 is 0 Å². The maximum Gasteiger partial charge on any atom is 0.213 e. The number of nitrogens with one attached hydrogen (secondary N) is 1. The highest BCUT2D eigenvalue weighted by atomic mass is 32.2. The predicted molar refractivity (Wildman–Crippen MR) is 110 cm³/mol. The molecular formula is C23H27NO3S. The Kier molecular flexibility index (Phi) is 4.71. The lowest BCUT2D eigenvalue weighted by molar-refractivity contribution is -0.128. The lowest BCUT2D eigenvalue weighted by atomic mass is 9.70. The second-order valence-corrected chi connectivity index (χ2v) is 10.6. The van der Waals surface area contributed by atoms with E-state index in [1.54, 1.807) is 0 Å². The van der Waals surface area contributed by atoms with Crippen LogP contribution < -0.4 is 4.72 Å². The molecule has 0 saturated heterocycles. The maximum absolute atomic E-state index is 13.3. The summed E-state index contributed by atoms with van der Waals surface area (Å²) in [4.78, 5) is 12.8. The van der Waals surface area contributed by atoms with Gasteiger partial charge in [0.2, 0.25) is 10.0 Å². The molecule has 2 bridgehead atoms. The molecule has 0 radical (unpaired) electrons. The van der Waals surface area contributed by atoms with E-state index < -0.39 is 21.5 Å². The van der Waals surface area contributed by atoms with Crippen molar-refractivity contribution in [2.75, 3.05) is 5.75 Å². The first-order chi connectivity index (χ1) is 13.3. The smallest absolute Gasteiger partial charge is 0.213 e. The van der Waals surface area contributed by atoms with Gasteiger partial charge in [0.15, 0.2) is 0 Å². The summed E-state index contributed by atoms with van der Waals surface area (Å²) in [5, 5.41) is 0. The summed E-state index contributed by atoms with van der Waals surface area (Å²) >= 11 is 0. The van der Waals surface area contributed by atoms with Gasteiger partial charge in [0.1, 0.15) is 5.78 Å². The molecule has 148 valence electrons. The van der Waals surface area contributed by atoms with E-state index in [-0.39, 0.29) is 17.0 Å². The predicted octanol–water partition coefficient (Wildman–Crippen LogP) is 4.09. The van der Waals surface area contributed by atoms with Gasteiger partial charge in [-0.2, -0.15) is 0 Å². The maximum atomic E-state index is 13.3. The number of ketones is 1. The van der Waals surface area contributed by atoms with Crippen LogP contribution in [0.3, 0.4) is 0 Å². The van der Waals surface area contributed by atoms with Gasteiger partial charge in [-0.15, -0.1) is 0 Å². The largest absolute Gasteiger partial charge is 0.299 e. The van der Waals surface area contributed by atoms with Crippen LogP contribution in [0.2, 0.25) is 0 Å². The summed E-state index contributed by atoms with van der Waals surface area (Å²) < 4.78 is 29.5. The van der Waals surface area contributed by atoms with Crippen LogP contribution in [0.25, 0.3) is 0 Å². The van der Waals surface area contributed by atoms with E-state index in [0.717, 1.165) is 17.5 Å². The molecule has 5 heteroatoms. The monoisotopic (exact) mass is 397 g/mol. The molecule has 0 heterocycles. The van der Waals surface area contributed by atoms with Crippen molar-refractivity contribution in [3.05, 3.63) is 71.8 Å². The number of fused-ring (bicyclic) bond motifs is 2. The van der Waals surface area contributed by atoms with Crippen molar-refractivity contribution >= 4 is 15.8 Å². The first-order valence-electron chi connectivity index (χ1n) is 9.88. The van der Waals surface area contributed by atoms with E-state index in [2.05, 4.69) is 18.6 Å². The molecule has 4 nitrogen and oxygen atoms in total. The van der Waals surface area contributed by atoms with Crippen molar-refractivity contribution in [2.45, 2.75) is 39.2 Å². The van der Waals surface area contributed by atoms with E-state index in [1.165, 1.54) is 0 Å². The Hall–Kier alpha value is -1.98. The molecule has 2 aromatic rings. The normalized spacial score (nSPS) is 26.1. The van der Waals surface area contributed by atoms with Crippen LogP contribution in [0.5, 0.6) is 0 Å². The Morgan fingerprint density at radius 1 is 1.00 bits per heavy atom. The molecule has 2 aliphatic rings. The third kappa shape index (κ3) is 3.11. The number of hydrogen-bond acceptors (Lipinski definition) is 3. The van der Waals surface area contributed by atoms with Gasteiger partial charge in [-0.05, 0) is 35.3 Å². The molecule has 0 unspecified atom stereocenters. The number of benzene rings is 2. The Balaban J connectivity index is 1.66. The van der Waals surface area contributed by atoms with E-state index in [4.69, 9.17) is 0 Å². The third-order valence-corrected chi connectivity index (χ3v) is 8.61. The molecule has 2 atom stereocenters. The number of rotatable bonds is 6. The Morgan fingerprint density at radius 3 is 1.96 bits per heavy atom. The minimum Gasteiger partial charge on any atom is -0.299 e. The molecule has 28 heavy (non-hydrogen) atoms. The fraction of sp³-hybridized carbons (Fsp3) is 0.435. The Bertz CT molecular complexity index is 930. The van der Waals surface area contributed by atoms with Gasteiger partial charge in [-0.1, -0.05) is 74.5 Å². The summed E-state index contributed by atoms with van der Waals surface area (Å²) in [5.41, 5.74) is 0.738. The van der Waals surface area contributed by atoms with Gasteiger partial charge in [0.25, 0.3) is 0 Å². The minimum atomic E-state index is -3.68. The second kappa shape index (κ2) is 6.82. The molecule has 2 fully saturated rings. The number of hydrogen-bond donors (Lipinski definition) is 1. The van der Waals surface area contributed by atoms with Gasteiger partial charge >= 0.3 is 0 Å². The van der Waals surface area contributed by atoms with Crippen LogP contribution in [-0.2, 0) is 14.8 Å². The van der Waals surface area contributed by atoms with E-state index >= 15 is 0 Å². The molecule has 1 N–H and O–H groups in total. The fourth-order valence-corrected chi connectivity index (χ4v) is 7.31. The zero-order valence-electron chi connectivity index (χ0n) is 16.4. The Labute approximate surface area is 167 Å². The number of sulfonamides is 1. The summed E-state index contributed by atoms with van der Waals surface area (Å²) in [5.74, 6) is 0.294. The quantitative estimate of drug-likeness (QED) is 0.798. The highest BCUT2D eigenvalue weighted by Crippen LogP contribution is 2.64. The second-order valence-electron chi connectivity index (χ2n) is 8.80. The molecule has 0 aliphatic heterocycles. The van der Waals surface area contributed by atoms with Crippen molar-refractivity contribution in [1.29, 1.82) is 0 Å². The summed E-state index contributed by atoms with van der Waals surface area (Å²) in [6.07, 6.45) is 2.13. The summed E-state index contributed by atoms with van der Waals surface area (Å²) in [6, 6.07) is 18.7.